The number of amides is 1. The Labute approximate surface area is 108 Å². The summed E-state index contributed by atoms with van der Waals surface area (Å²) in [4.78, 5) is 21.0. The molecule has 1 saturated carbocycles. The third kappa shape index (κ3) is 1.76. The molecule has 1 aromatic rings. The highest BCUT2D eigenvalue weighted by Gasteiger charge is 2.33. The van der Waals surface area contributed by atoms with E-state index in [0.29, 0.717) is 5.91 Å². The SMILES string of the molecule is CCN1CCN(C(=O)C2CCC2)c2cccnc21. The molecule has 0 saturated heterocycles. The second kappa shape index (κ2) is 4.59. The van der Waals surface area contributed by atoms with Crippen molar-refractivity contribution in [3.05, 3.63) is 18.3 Å². The van der Waals surface area contributed by atoms with Crippen molar-refractivity contribution in [3.63, 3.8) is 0 Å². The highest BCUT2D eigenvalue weighted by Crippen LogP contribution is 2.35. The number of pyridine rings is 1. The van der Waals surface area contributed by atoms with Crippen LogP contribution in [0.2, 0.25) is 0 Å². The first-order valence-electron chi connectivity index (χ1n) is 6.82. The van der Waals surface area contributed by atoms with Gasteiger partial charge in [-0.3, -0.25) is 4.79 Å². The van der Waals surface area contributed by atoms with Crippen LogP contribution < -0.4 is 9.80 Å². The highest BCUT2D eigenvalue weighted by atomic mass is 16.2. The largest absolute Gasteiger partial charge is 0.353 e. The summed E-state index contributed by atoms with van der Waals surface area (Å²) in [6.45, 7) is 4.75. The number of rotatable bonds is 2. The van der Waals surface area contributed by atoms with Gasteiger partial charge in [-0.1, -0.05) is 6.42 Å². The molecule has 4 heteroatoms. The zero-order valence-electron chi connectivity index (χ0n) is 10.8. The fraction of sp³-hybridized carbons (Fsp3) is 0.571. The van der Waals surface area contributed by atoms with Crippen molar-refractivity contribution < 1.29 is 4.79 Å². The van der Waals surface area contributed by atoms with Gasteiger partial charge in [0.15, 0.2) is 5.82 Å². The molecule has 0 N–H and O–H groups in total. The summed E-state index contributed by atoms with van der Waals surface area (Å²) in [5.41, 5.74) is 0.988. The monoisotopic (exact) mass is 245 g/mol. The van der Waals surface area contributed by atoms with Crippen LogP contribution in [0, 0.1) is 5.92 Å². The minimum atomic E-state index is 0.256. The molecule has 0 bridgehead atoms. The molecule has 0 spiro atoms. The standard InChI is InChI=1S/C14H19N3O/c1-2-16-9-10-17(14(18)11-5-3-6-11)12-7-4-8-15-13(12)16/h4,7-8,11H,2-3,5-6,9-10H2,1H3. The maximum atomic E-state index is 12.4. The molecule has 96 valence electrons. The van der Waals surface area contributed by atoms with Gasteiger partial charge in [-0.05, 0) is 31.9 Å². The molecule has 1 aliphatic heterocycles. The number of likely N-dealkylation sites (N-methyl/N-ethyl adjacent to an activating group) is 1. The van der Waals surface area contributed by atoms with Crippen LogP contribution in [-0.2, 0) is 4.79 Å². The number of nitrogens with zero attached hydrogens (tertiary/aromatic N) is 3. The van der Waals surface area contributed by atoms with Crippen LogP contribution in [0.5, 0.6) is 0 Å². The van der Waals surface area contributed by atoms with Crippen LogP contribution in [0.4, 0.5) is 11.5 Å². The first-order chi connectivity index (χ1) is 8.81. The van der Waals surface area contributed by atoms with Crippen molar-refractivity contribution in [1.82, 2.24) is 4.98 Å². The van der Waals surface area contributed by atoms with E-state index in [2.05, 4.69) is 16.8 Å². The summed E-state index contributed by atoms with van der Waals surface area (Å²) in [5.74, 6) is 1.51. The summed E-state index contributed by atoms with van der Waals surface area (Å²) < 4.78 is 0. The lowest BCUT2D eigenvalue weighted by molar-refractivity contribution is -0.124. The van der Waals surface area contributed by atoms with Crippen molar-refractivity contribution >= 4 is 17.4 Å². The zero-order chi connectivity index (χ0) is 12.5. The number of anilines is 2. The number of aromatic nitrogens is 1. The molecule has 4 nitrogen and oxygen atoms in total. The van der Waals surface area contributed by atoms with Gasteiger partial charge in [-0.2, -0.15) is 0 Å². The van der Waals surface area contributed by atoms with E-state index in [1.165, 1.54) is 6.42 Å². The Balaban J connectivity index is 1.91. The lowest BCUT2D eigenvalue weighted by atomic mass is 9.84. The van der Waals surface area contributed by atoms with Gasteiger partial charge in [-0.25, -0.2) is 4.98 Å². The molecule has 1 aromatic heterocycles. The molecule has 2 aliphatic rings. The third-order valence-corrected chi connectivity index (χ3v) is 4.05. The maximum Gasteiger partial charge on any atom is 0.230 e. The van der Waals surface area contributed by atoms with Crippen LogP contribution in [-0.4, -0.2) is 30.5 Å². The van der Waals surface area contributed by atoms with Crippen LogP contribution in [0.15, 0.2) is 18.3 Å². The Morgan fingerprint density at radius 3 is 2.94 bits per heavy atom. The topological polar surface area (TPSA) is 36.4 Å². The van der Waals surface area contributed by atoms with Crippen molar-refractivity contribution in [2.24, 2.45) is 5.92 Å². The van der Waals surface area contributed by atoms with Crippen LogP contribution >= 0.6 is 0 Å². The normalized spacial score (nSPS) is 19.4. The molecule has 1 amide bonds. The minimum absolute atomic E-state index is 0.256. The van der Waals surface area contributed by atoms with Crippen molar-refractivity contribution in [1.29, 1.82) is 0 Å². The lowest BCUT2D eigenvalue weighted by Crippen LogP contribution is -2.47. The summed E-state index contributed by atoms with van der Waals surface area (Å²) >= 11 is 0. The molecule has 1 aliphatic carbocycles. The number of fused-ring (bicyclic) bond motifs is 1. The fourth-order valence-electron chi connectivity index (χ4n) is 2.70. The second-order valence-corrected chi connectivity index (χ2v) is 5.04. The van der Waals surface area contributed by atoms with Crippen molar-refractivity contribution in [2.45, 2.75) is 26.2 Å². The molecule has 18 heavy (non-hydrogen) atoms. The molecule has 0 atom stereocenters. The molecule has 0 radical (unpaired) electrons. The fourth-order valence-corrected chi connectivity index (χ4v) is 2.70. The van der Waals surface area contributed by atoms with Gasteiger partial charge in [0.25, 0.3) is 0 Å². The Kier molecular flexibility index (Phi) is 2.94. The molecular weight excluding hydrogens is 226 g/mol. The van der Waals surface area contributed by atoms with E-state index < -0.39 is 0 Å². The Bertz CT molecular complexity index is 456. The molecule has 3 rings (SSSR count). The average molecular weight is 245 g/mol. The smallest absolute Gasteiger partial charge is 0.230 e. The Hall–Kier alpha value is -1.58. The van der Waals surface area contributed by atoms with Crippen LogP contribution in [0.1, 0.15) is 26.2 Å². The Morgan fingerprint density at radius 2 is 2.28 bits per heavy atom. The van der Waals surface area contributed by atoms with Gasteiger partial charge in [0.05, 0.1) is 5.69 Å². The van der Waals surface area contributed by atoms with E-state index in [0.717, 1.165) is 44.0 Å². The summed E-state index contributed by atoms with van der Waals surface area (Å²) in [6.07, 6.45) is 5.12. The summed E-state index contributed by atoms with van der Waals surface area (Å²) in [7, 11) is 0. The third-order valence-electron chi connectivity index (χ3n) is 4.05. The van der Waals surface area contributed by atoms with Crippen LogP contribution in [0.25, 0.3) is 0 Å². The van der Waals surface area contributed by atoms with Gasteiger partial charge in [0.1, 0.15) is 0 Å². The second-order valence-electron chi connectivity index (χ2n) is 5.04. The molecule has 0 unspecified atom stereocenters. The first kappa shape index (κ1) is 11.5. The van der Waals surface area contributed by atoms with E-state index in [9.17, 15) is 4.79 Å². The van der Waals surface area contributed by atoms with E-state index in [1.807, 2.05) is 17.0 Å². The summed E-state index contributed by atoms with van der Waals surface area (Å²) in [6, 6.07) is 3.93. The first-order valence-corrected chi connectivity index (χ1v) is 6.82. The van der Waals surface area contributed by atoms with E-state index in [4.69, 9.17) is 0 Å². The van der Waals surface area contributed by atoms with Gasteiger partial charge in [0, 0.05) is 31.7 Å². The molecular formula is C14H19N3O. The predicted octanol–water partition coefficient (Wildman–Crippen LogP) is 2.05. The minimum Gasteiger partial charge on any atom is -0.353 e. The molecule has 1 fully saturated rings. The number of hydrogen-bond donors (Lipinski definition) is 0. The average Bonchev–Trinajstić information content (AvgIpc) is 2.35. The molecule has 2 heterocycles. The van der Waals surface area contributed by atoms with Gasteiger partial charge in [-0.15, -0.1) is 0 Å². The number of carbonyl (C=O) groups excluding carboxylic acids is 1. The highest BCUT2D eigenvalue weighted by molar-refractivity contribution is 5.98. The van der Waals surface area contributed by atoms with Gasteiger partial charge in [0.2, 0.25) is 5.91 Å². The number of hydrogen-bond acceptors (Lipinski definition) is 3. The van der Waals surface area contributed by atoms with E-state index in [1.54, 1.807) is 6.20 Å². The van der Waals surface area contributed by atoms with E-state index in [-0.39, 0.29) is 5.92 Å². The number of carbonyl (C=O) groups is 1. The molecule has 0 aromatic carbocycles. The maximum absolute atomic E-state index is 12.4. The Morgan fingerprint density at radius 1 is 1.44 bits per heavy atom. The van der Waals surface area contributed by atoms with Gasteiger partial charge < -0.3 is 9.80 Å². The van der Waals surface area contributed by atoms with Gasteiger partial charge >= 0.3 is 0 Å². The van der Waals surface area contributed by atoms with Crippen molar-refractivity contribution in [3.8, 4) is 0 Å². The predicted molar refractivity (Wildman–Crippen MR) is 71.8 cm³/mol. The van der Waals surface area contributed by atoms with Crippen molar-refractivity contribution in [2.75, 3.05) is 29.4 Å². The van der Waals surface area contributed by atoms with E-state index >= 15 is 0 Å². The zero-order valence-corrected chi connectivity index (χ0v) is 10.8. The summed E-state index contributed by atoms with van der Waals surface area (Å²) in [5, 5.41) is 0. The van der Waals surface area contributed by atoms with Crippen LogP contribution in [0.3, 0.4) is 0 Å². The lowest BCUT2D eigenvalue weighted by Gasteiger charge is -2.39. The quantitative estimate of drug-likeness (QED) is 0.800.